The van der Waals surface area contributed by atoms with Gasteiger partial charge in [0.05, 0.1) is 26.5 Å². The predicted octanol–water partition coefficient (Wildman–Crippen LogP) is 2.29. The average Bonchev–Trinajstić information content (AvgIpc) is 2.47. The number of ether oxygens (including phenoxy) is 2. The van der Waals surface area contributed by atoms with Gasteiger partial charge in [-0.25, -0.2) is 4.39 Å². The Kier molecular flexibility index (Phi) is 3.97. The molecular formula is C14H15FN2O2. The molecule has 0 aliphatic carbocycles. The van der Waals surface area contributed by atoms with Gasteiger partial charge in [0.15, 0.2) is 11.6 Å². The number of rotatable bonds is 4. The zero-order valence-electron chi connectivity index (χ0n) is 10.8. The minimum atomic E-state index is -0.419. The van der Waals surface area contributed by atoms with Crippen LogP contribution < -0.4 is 15.2 Å². The van der Waals surface area contributed by atoms with Crippen LogP contribution in [0.4, 0.5) is 4.39 Å². The first-order chi connectivity index (χ1) is 9.15. The molecule has 1 atom stereocenters. The van der Waals surface area contributed by atoms with Crippen molar-refractivity contribution in [2.24, 2.45) is 5.73 Å². The monoisotopic (exact) mass is 262 g/mol. The highest BCUT2D eigenvalue weighted by molar-refractivity contribution is 5.38. The van der Waals surface area contributed by atoms with Crippen LogP contribution in [0.15, 0.2) is 36.7 Å². The molecule has 0 saturated carbocycles. The van der Waals surface area contributed by atoms with Crippen molar-refractivity contribution < 1.29 is 13.9 Å². The van der Waals surface area contributed by atoms with Crippen molar-refractivity contribution in [3.8, 4) is 11.5 Å². The number of pyridine rings is 1. The van der Waals surface area contributed by atoms with Crippen LogP contribution in [0.1, 0.15) is 17.2 Å². The fourth-order valence-corrected chi connectivity index (χ4v) is 1.78. The minimum absolute atomic E-state index is 0.170. The molecule has 100 valence electrons. The Balaban J connectivity index is 2.35. The molecule has 0 amide bonds. The van der Waals surface area contributed by atoms with E-state index in [0.29, 0.717) is 5.75 Å². The number of halogens is 1. The van der Waals surface area contributed by atoms with Crippen LogP contribution in [0.25, 0.3) is 0 Å². The number of nitrogens with two attached hydrogens (primary N) is 1. The molecule has 1 aromatic carbocycles. The maximum atomic E-state index is 13.4. The molecule has 2 aromatic rings. The highest BCUT2D eigenvalue weighted by atomic mass is 19.1. The third kappa shape index (κ3) is 2.82. The third-order valence-corrected chi connectivity index (χ3v) is 2.86. The molecule has 1 aromatic heterocycles. The molecule has 4 nitrogen and oxygen atoms in total. The molecule has 0 spiro atoms. The van der Waals surface area contributed by atoms with Crippen LogP contribution >= 0.6 is 0 Å². The average molecular weight is 262 g/mol. The van der Waals surface area contributed by atoms with Crippen LogP contribution in [-0.2, 0) is 0 Å². The van der Waals surface area contributed by atoms with Crippen LogP contribution in [-0.4, -0.2) is 19.2 Å². The van der Waals surface area contributed by atoms with Crippen molar-refractivity contribution in [2.75, 3.05) is 14.2 Å². The summed E-state index contributed by atoms with van der Waals surface area (Å²) in [5, 5.41) is 0. The minimum Gasteiger partial charge on any atom is -0.495 e. The first-order valence-electron chi connectivity index (χ1n) is 5.73. The van der Waals surface area contributed by atoms with E-state index in [1.54, 1.807) is 37.7 Å². The Bertz CT molecular complexity index is 575. The van der Waals surface area contributed by atoms with E-state index < -0.39 is 11.9 Å². The summed E-state index contributed by atoms with van der Waals surface area (Å²) in [6, 6.07) is 5.92. The van der Waals surface area contributed by atoms with Gasteiger partial charge in [-0.1, -0.05) is 6.07 Å². The maximum absolute atomic E-state index is 13.4. The molecule has 0 aliphatic heterocycles. The van der Waals surface area contributed by atoms with Gasteiger partial charge >= 0.3 is 0 Å². The molecule has 5 heteroatoms. The van der Waals surface area contributed by atoms with E-state index in [1.807, 2.05) is 0 Å². The molecule has 0 fully saturated rings. The van der Waals surface area contributed by atoms with Gasteiger partial charge in [0.2, 0.25) is 0 Å². The number of aromatic nitrogens is 1. The summed E-state index contributed by atoms with van der Waals surface area (Å²) in [5.41, 5.74) is 7.67. The Morgan fingerprint density at radius 3 is 2.58 bits per heavy atom. The lowest BCUT2D eigenvalue weighted by molar-refractivity contribution is 0.385. The van der Waals surface area contributed by atoms with Gasteiger partial charge in [-0.3, -0.25) is 4.98 Å². The molecule has 0 saturated heterocycles. The Labute approximate surface area is 111 Å². The smallest absolute Gasteiger partial charge is 0.165 e. The van der Waals surface area contributed by atoms with Gasteiger partial charge in [0, 0.05) is 6.20 Å². The zero-order valence-corrected chi connectivity index (χ0v) is 10.8. The Morgan fingerprint density at radius 1 is 1.11 bits per heavy atom. The summed E-state index contributed by atoms with van der Waals surface area (Å²) in [6.07, 6.45) is 3.25. The van der Waals surface area contributed by atoms with E-state index in [4.69, 9.17) is 15.2 Å². The molecule has 0 aliphatic rings. The molecule has 1 heterocycles. The fourth-order valence-electron chi connectivity index (χ4n) is 1.78. The molecule has 0 bridgehead atoms. The Hall–Kier alpha value is -2.14. The summed E-state index contributed by atoms with van der Waals surface area (Å²) in [4.78, 5) is 4.05. The van der Waals surface area contributed by atoms with Crippen molar-refractivity contribution >= 4 is 0 Å². The highest BCUT2D eigenvalue weighted by Crippen LogP contribution is 2.26. The van der Waals surface area contributed by atoms with E-state index in [0.717, 1.165) is 11.1 Å². The summed E-state index contributed by atoms with van der Waals surface area (Å²) in [5.74, 6) is 0.382. The van der Waals surface area contributed by atoms with Gasteiger partial charge in [-0.05, 0) is 29.3 Å². The van der Waals surface area contributed by atoms with Gasteiger partial charge in [-0.15, -0.1) is 0 Å². The van der Waals surface area contributed by atoms with Crippen LogP contribution in [0.3, 0.4) is 0 Å². The van der Waals surface area contributed by atoms with Crippen LogP contribution in [0.5, 0.6) is 11.5 Å². The second kappa shape index (κ2) is 5.67. The number of nitrogens with zero attached hydrogens (tertiary/aromatic N) is 1. The normalized spacial score (nSPS) is 12.0. The molecular weight excluding hydrogens is 247 g/mol. The lowest BCUT2D eigenvalue weighted by Crippen LogP contribution is -2.12. The Morgan fingerprint density at radius 2 is 1.89 bits per heavy atom. The fraction of sp³-hybridized carbons (Fsp3) is 0.214. The SMILES string of the molecule is COc1cncc(C(N)c2ccc(F)c(OC)c2)c1. The largest absolute Gasteiger partial charge is 0.495 e. The number of hydrogen-bond acceptors (Lipinski definition) is 4. The third-order valence-electron chi connectivity index (χ3n) is 2.86. The van der Waals surface area contributed by atoms with Crippen molar-refractivity contribution in [1.82, 2.24) is 4.98 Å². The summed E-state index contributed by atoms with van der Waals surface area (Å²) in [6.45, 7) is 0. The van der Waals surface area contributed by atoms with Gasteiger partial charge in [0.25, 0.3) is 0 Å². The van der Waals surface area contributed by atoms with E-state index in [1.165, 1.54) is 13.2 Å². The van der Waals surface area contributed by atoms with Crippen molar-refractivity contribution in [3.05, 3.63) is 53.6 Å². The summed E-state index contributed by atoms with van der Waals surface area (Å²) in [7, 11) is 2.98. The summed E-state index contributed by atoms with van der Waals surface area (Å²) < 4.78 is 23.4. The molecule has 1 unspecified atom stereocenters. The molecule has 0 radical (unpaired) electrons. The lowest BCUT2D eigenvalue weighted by Gasteiger charge is -2.14. The van der Waals surface area contributed by atoms with Crippen LogP contribution in [0, 0.1) is 5.82 Å². The van der Waals surface area contributed by atoms with Crippen molar-refractivity contribution in [2.45, 2.75) is 6.04 Å². The highest BCUT2D eigenvalue weighted by Gasteiger charge is 2.13. The van der Waals surface area contributed by atoms with Crippen molar-refractivity contribution in [1.29, 1.82) is 0 Å². The topological polar surface area (TPSA) is 57.4 Å². The second-order valence-corrected chi connectivity index (χ2v) is 4.03. The maximum Gasteiger partial charge on any atom is 0.165 e. The number of methoxy groups -OCH3 is 2. The zero-order chi connectivity index (χ0) is 13.8. The van der Waals surface area contributed by atoms with Gasteiger partial charge in [0.1, 0.15) is 5.75 Å². The molecule has 19 heavy (non-hydrogen) atoms. The van der Waals surface area contributed by atoms with Gasteiger partial charge < -0.3 is 15.2 Å². The van der Waals surface area contributed by atoms with E-state index >= 15 is 0 Å². The quantitative estimate of drug-likeness (QED) is 0.918. The van der Waals surface area contributed by atoms with E-state index in [2.05, 4.69) is 4.98 Å². The second-order valence-electron chi connectivity index (χ2n) is 4.03. The first kappa shape index (κ1) is 13.3. The van der Waals surface area contributed by atoms with Gasteiger partial charge in [-0.2, -0.15) is 0 Å². The lowest BCUT2D eigenvalue weighted by atomic mass is 10.0. The standard InChI is InChI=1S/C14H15FN2O2/c1-18-11-5-10(7-17-8-11)14(16)9-3-4-12(15)13(6-9)19-2/h3-8,14H,16H2,1-2H3. The molecule has 2 rings (SSSR count). The first-order valence-corrected chi connectivity index (χ1v) is 5.73. The predicted molar refractivity (Wildman–Crippen MR) is 69.8 cm³/mol. The van der Waals surface area contributed by atoms with E-state index in [-0.39, 0.29) is 5.75 Å². The summed E-state index contributed by atoms with van der Waals surface area (Å²) >= 11 is 0. The number of hydrogen-bond donors (Lipinski definition) is 1. The molecule has 2 N–H and O–H groups in total. The number of benzene rings is 1. The van der Waals surface area contributed by atoms with Crippen molar-refractivity contribution in [3.63, 3.8) is 0 Å². The van der Waals surface area contributed by atoms with Crippen LogP contribution in [0.2, 0.25) is 0 Å². The van der Waals surface area contributed by atoms with E-state index in [9.17, 15) is 4.39 Å².